The first-order chi connectivity index (χ1) is 8.77. The van der Waals surface area contributed by atoms with E-state index in [0.717, 1.165) is 31.2 Å². The molecule has 0 bridgehead atoms. The van der Waals surface area contributed by atoms with Gasteiger partial charge in [-0.3, -0.25) is 19.5 Å². The third-order valence-electron chi connectivity index (χ3n) is 4.02. The second-order valence-corrected chi connectivity index (χ2v) is 5.12. The van der Waals surface area contributed by atoms with Gasteiger partial charge < -0.3 is 0 Å². The first kappa shape index (κ1) is 11.4. The number of hydrogen-bond acceptors (Lipinski definition) is 3. The highest BCUT2D eigenvalue weighted by Gasteiger charge is 2.47. The Bertz CT molecular complexity index is 448. The molecule has 0 N–H and O–H groups in total. The van der Waals surface area contributed by atoms with Gasteiger partial charge in [-0.15, -0.1) is 0 Å². The van der Waals surface area contributed by atoms with E-state index in [9.17, 15) is 9.59 Å². The summed E-state index contributed by atoms with van der Waals surface area (Å²) in [5, 5.41) is 0. The number of rotatable bonds is 2. The Hall–Kier alpha value is -1.71. The van der Waals surface area contributed by atoms with Crippen molar-refractivity contribution in [2.24, 2.45) is 11.8 Å². The normalized spacial score (nSPS) is 27.4. The van der Waals surface area contributed by atoms with Gasteiger partial charge in [-0.05, 0) is 30.5 Å². The molecular weight excluding hydrogens is 228 g/mol. The molecular formula is C14H16N2O2. The highest BCUT2D eigenvalue weighted by Crippen LogP contribution is 2.38. The second-order valence-electron chi connectivity index (χ2n) is 5.12. The summed E-state index contributed by atoms with van der Waals surface area (Å²) >= 11 is 0. The van der Waals surface area contributed by atoms with E-state index in [1.54, 1.807) is 12.4 Å². The molecule has 2 aliphatic rings. The Morgan fingerprint density at radius 2 is 1.61 bits per heavy atom. The number of carbonyl (C=O) groups is 2. The van der Waals surface area contributed by atoms with Gasteiger partial charge in [-0.25, -0.2) is 0 Å². The van der Waals surface area contributed by atoms with Crippen molar-refractivity contribution in [3.05, 3.63) is 30.1 Å². The van der Waals surface area contributed by atoms with Crippen molar-refractivity contribution in [3.63, 3.8) is 0 Å². The molecule has 2 fully saturated rings. The van der Waals surface area contributed by atoms with E-state index in [1.165, 1.54) is 4.90 Å². The predicted molar refractivity (Wildman–Crippen MR) is 65.2 cm³/mol. The van der Waals surface area contributed by atoms with Crippen LogP contribution in [0.25, 0.3) is 0 Å². The zero-order valence-electron chi connectivity index (χ0n) is 10.2. The molecule has 1 saturated heterocycles. The van der Waals surface area contributed by atoms with Crippen LogP contribution >= 0.6 is 0 Å². The van der Waals surface area contributed by atoms with Crippen LogP contribution < -0.4 is 0 Å². The van der Waals surface area contributed by atoms with Crippen LogP contribution in [0.3, 0.4) is 0 Å². The first-order valence-electron chi connectivity index (χ1n) is 6.51. The van der Waals surface area contributed by atoms with Crippen LogP contribution in [0.2, 0.25) is 0 Å². The fourth-order valence-corrected chi connectivity index (χ4v) is 3.06. The molecule has 1 aromatic rings. The van der Waals surface area contributed by atoms with Gasteiger partial charge in [0.2, 0.25) is 11.8 Å². The highest BCUT2D eigenvalue weighted by atomic mass is 16.2. The molecule has 1 aliphatic carbocycles. The van der Waals surface area contributed by atoms with E-state index in [1.807, 2.05) is 12.1 Å². The first-order valence-corrected chi connectivity index (χ1v) is 6.51. The van der Waals surface area contributed by atoms with Gasteiger partial charge in [0, 0.05) is 12.4 Å². The van der Waals surface area contributed by atoms with Crippen molar-refractivity contribution in [2.75, 3.05) is 0 Å². The number of amides is 2. The maximum atomic E-state index is 12.2. The third kappa shape index (κ3) is 1.82. The molecule has 0 spiro atoms. The van der Waals surface area contributed by atoms with Gasteiger partial charge in [-0.1, -0.05) is 12.8 Å². The third-order valence-corrected chi connectivity index (χ3v) is 4.02. The lowest BCUT2D eigenvalue weighted by Crippen LogP contribution is -2.30. The number of imide groups is 1. The summed E-state index contributed by atoms with van der Waals surface area (Å²) in [5.41, 5.74) is 0.963. The molecule has 2 heterocycles. The summed E-state index contributed by atoms with van der Waals surface area (Å²) in [6.07, 6.45) is 7.28. The van der Waals surface area contributed by atoms with Crippen molar-refractivity contribution in [1.82, 2.24) is 9.88 Å². The summed E-state index contributed by atoms with van der Waals surface area (Å²) in [5.74, 6) is -0.0378. The molecule has 18 heavy (non-hydrogen) atoms. The van der Waals surface area contributed by atoms with Gasteiger partial charge >= 0.3 is 0 Å². The molecule has 3 rings (SSSR count). The van der Waals surface area contributed by atoms with E-state index in [-0.39, 0.29) is 23.7 Å². The fraction of sp³-hybridized carbons (Fsp3) is 0.500. The average molecular weight is 244 g/mol. The largest absolute Gasteiger partial charge is 0.278 e. The lowest BCUT2D eigenvalue weighted by atomic mass is 9.81. The summed E-state index contributed by atoms with van der Waals surface area (Å²) < 4.78 is 0. The molecule has 1 saturated carbocycles. The lowest BCUT2D eigenvalue weighted by molar-refractivity contribution is -0.140. The summed E-state index contributed by atoms with van der Waals surface area (Å²) in [6.45, 7) is 0.396. The maximum Gasteiger partial charge on any atom is 0.233 e. The molecule has 1 aromatic heterocycles. The minimum Gasteiger partial charge on any atom is -0.278 e. The molecule has 94 valence electrons. The number of nitrogens with zero attached hydrogens (tertiary/aromatic N) is 2. The molecule has 0 radical (unpaired) electrons. The topological polar surface area (TPSA) is 50.3 Å². The van der Waals surface area contributed by atoms with Gasteiger partial charge in [-0.2, -0.15) is 0 Å². The van der Waals surface area contributed by atoms with Crippen LogP contribution in [-0.2, 0) is 16.1 Å². The standard InChI is InChI=1S/C14H16N2O2/c17-13-11-3-1-2-4-12(11)14(18)16(13)9-10-5-7-15-8-6-10/h5-8,11-12H,1-4,9H2/t11-,12+. The van der Waals surface area contributed by atoms with Crippen LogP contribution in [0.1, 0.15) is 31.2 Å². The van der Waals surface area contributed by atoms with Crippen LogP contribution in [0, 0.1) is 11.8 Å². The van der Waals surface area contributed by atoms with E-state index >= 15 is 0 Å². The van der Waals surface area contributed by atoms with E-state index in [4.69, 9.17) is 0 Å². The van der Waals surface area contributed by atoms with Crippen molar-refractivity contribution in [1.29, 1.82) is 0 Å². The Morgan fingerprint density at radius 3 is 2.17 bits per heavy atom. The zero-order chi connectivity index (χ0) is 12.5. The molecule has 0 unspecified atom stereocenters. The van der Waals surface area contributed by atoms with Crippen molar-refractivity contribution in [3.8, 4) is 0 Å². The number of carbonyl (C=O) groups excluding carboxylic acids is 2. The number of aromatic nitrogens is 1. The van der Waals surface area contributed by atoms with E-state index in [0.29, 0.717) is 6.54 Å². The van der Waals surface area contributed by atoms with E-state index in [2.05, 4.69) is 4.98 Å². The number of pyridine rings is 1. The summed E-state index contributed by atoms with van der Waals surface area (Å²) in [6, 6.07) is 3.70. The Balaban J connectivity index is 1.80. The molecule has 2 atom stereocenters. The molecule has 0 aromatic carbocycles. The highest BCUT2D eigenvalue weighted by molar-refractivity contribution is 6.05. The molecule has 2 amide bonds. The van der Waals surface area contributed by atoms with Crippen molar-refractivity contribution >= 4 is 11.8 Å². The Morgan fingerprint density at radius 1 is 1.06 bits per heavy atom. The number of likely N-dealkylation sites (tertiary alicyclic amines) is 1. The molecule has 4 heteroatoms. The predicted octanol–water partition coefficient (Wildman–Crippen LogP) is 1.76. The van der Waals surface area contributed by atoms with Gasteiger partial charge in [0.15, 0.2) is 0 Å². The smallest absolute Gasteiger partial charge is 0.233 e. The summed E-state index contributed by atoms with van der Waals surface area (Å²) in [4.78, 5) is 29.9. The number of fused-ring (bicyclic) bond motifs is 1. The minimum atomic E-state index is -0.0481. The van der Waals surface area contributed by atoms with Crippen LogP contribution in [0.5, 0.6) is 0 Å². The van der Waals surface area contributed by atoms with Gasteiger partial charge in [0.05, 0.1) is 18.4 Å². The summed E-state index contributed by atoms with van der Waals surface area (Å²) in [7, 11) is 0. The number of hydrogen-bond donors (Lipinski definition) is 0. The van der Waals surface area contributed by atoms with Crippen LogP contribution in [-0.4, -0.2) is 21.7 Å². The van der Waals surface area contributed by atoms with Crippen molar-refractivity contribution in [2.45, 2.75) is 32.2 Å². The average Bonchev–Trinajstić information content (AvgIpc) is 2.66. The lowest BCUT2D eigenvalue weighted by Gasteiger charge is -2.19. The second kappa shape index (κ2) is 4.52. The SMILES string of the molecule is O=C1[C@H]2CCCC[C@H]2C(=O)N1Cc1ccncc1. The maximum absolute atomic E-state index is 12.2. The Kier molecular flexibility index (Phi) is 2.86. The Labute approximate surface area is 106 Å². The monoisotopic (exact) mass is 244 g/mol. The van der Waals surface area contributed by atoms with Gasteiger partial charge in [0.1, 0.15) is 0 Å². The zero-order valence-corrected chi connectivity index (χ0v) is 10.2. The van der Waals surface area contributed by atoms with Crippen LogP contribution in [0.15, 0.2) is 24.5 Å². The molecule has 4 nitrogen and oxygen atoms in total. The van der Waals surface area contributed by atoms with Crippen LogP contribution in [0.4, 0.5) is 0 Å². The molecule has 1 aliphatic heterocycles. The van der Waals surface area contributed by atoms with Gasteiger partial charge in [0.25, 0.3) is 0 Å². The fourth-order valence-electron chi connectivity index (χ4n) is 3.06. The minimum absolute atomic E-state index is 0.0292. The van der Waals surface area contributed by atoms with E-state index < -0.39 is 0 Å². The quantitative estimate of drug-likeness (QED) is 0.745. The van der Waals surface area contributed by atoms with Crippen molar-refractivity contribution < 1.29 is 9.59 Å².